The highest BCUT2D eigenvalue weighted by Crippen LogP contribution is 2.19. The van der Waals surface area contributed by atoms with Gasteiger partial charge in [-0.2, -0.15) is 0 Å². The molecule has 1 aromatic heterocycles. The number of fused-ring (bicyclic) bond motifs is 1. The second-order valence-corrected chi connectivity index (χ2v) is 3.40. The molecule has 0 bridgehead atoms. The number of halogens is 1. The van der Waals surface area contributed by atoms with E-state index in [9.17, 15) is 0 Å². The molecule has 0 radical (unpaired) electrons. The molecular formula is C10H9ClN2O. The molecule has 0 atom stereocenters. The number of nitrogens with zero attached hydrogens (tertiary/aromatic N) is 2. The number of rotatable bonds is 1. The zero-order chi connectivity index (χ0) is 10.1. The summed E-state index contributed by atoms with van der Waals surface area (Å²) in [5.41, 5.74) is 1.76. The molecule has 72 valence electrons. The zero-order valence-electron chi connectivity index (χ0n) is 7.61. The first-order valence-electron chi connectivity index (χ1n) is 4.16. The van der Waals surface area contributed by atoms with E-state index in [1.807, 2.05) is 41.9 Å². The Morgan fingerprint density at radius 1 is 1.43 bits per heavy atom. The summed E-state index contributed by atoms with van der Waals surface area (Å²) >= 11 is 5.75. The highest BCUT2D eigenvalue weighted by molar-refractivity contribution is 6.69. The number of hydrogen-bond donors (Lipinski definition) is 1. The summed E-state index contributed by atoms with van der Waals surface area (Å²) in [5.74, 6) is 0. The molecule has 0 saturated heterocycles. The number of oxime groups is 1. The van der Waals surface area contributed by atoms with Crippen LogP contribution in [-0.4, -0.2) is 14.9 Å². The quantitative estimate of drug-likeness (QED) is 0.437. The summed E-state index contributed by atoms with van der Waals surface area (Å²) in [5, 5.41) is 12.7. The summed E-state index contributed by atoms with van der Waals surface area (Å²) in [6.07, 6.45) is 0. The Hall–Kier alpha value is -1.48. The van der Waals surface area contributed by atoms with Crippen LogP contribution in [0.25, 0.3) is 10.9 Å². The minimum absolute atomic E-state index is 0.101. The highest BCUT2D eigenvalue weighted by atomic mass is 35.5. The molecule has 0 spiro atoms. The number of aryl methyl sites for hydroxylation is 1. The Kier molecular flexibility index (Phi) is 2.17. The molecule has 1 heterocycles. The van der Waals surface area contributed by atoms with Crippen LogP contribution in [0.3, 0.4) is 0 Å². The minimum atomic E-state index is 0.101. The maximum Gasteiger partial charge on any atom is 0.191 e. The normalized spacial score (nSPS) is 12.3. The smallest absolute Gasteiger partial charge is 0.191 e. The predicted molar refractivity (Wildman–Crippen MR) is 57.1 cm³/mol. The summed E-state index contributed by atoms with van der Waals surface area (Å²) in [4.78, 5) is 0. The Bertz CT molecular complexity index is 502. The van der Waals surface area contributed by atoms with Gasteiger partial charge >= 0.3 is 0 Å². The van der Waals surface area contributed by atoms with Crippen molar-refractivity contribution in [2.75, 3.05) is 0 Å². The van der Waals surface area contributed by atoms with E-state index in [2.05, 4.69) is 5.16 Å². The molecule has 3 nitrogen and oxygen atoms in total. The maximum atomic E-state index is 8.58. The lowest BCUT2D eigenvalue weighted by Gasteiger charge is -1.99. The molecule has 1 N–H and O–H groups in total. The van der Waals surface area contributed by atoms with E-state index in [0.717, 1.165) is 10.9 Å². The van der Waals surface area contributed by atoms with Crippen molar-refractivity contribution < 1.29 is 5.21 Å². The molecule has 0 unspecified atom stereocenters. The van der Waals surface area contributed by atoms with Crippen LogP contribution < -0.4 is 0 Å². The van der Waals surface area contributed by atoms with Crippen molar-refractivity contribution in [1.29, 1.82) is 0 Å². The van der Waals surface area contributed by atoms with Crippen LogP contribution in [0.1, 0.15) is 5.69 Å². The van der Waals surface area contributed by atoms with Crippen LogP contribution in [0.2, 0.25) is 0 Å². The van der Waals surface area contributed by atoms with Crippen molar-refractivity contribution in [2.45, 2.75) is 0 Å². The molecule has 4 heteroatoms. The molecule has 1 aromatic carbocycles. The fraction of sp³-hybridized carbons (Fsp3) is 0.100. The molecule has 14 heavy (non-hydrogen) atoms. The van der Waals surface area contributed by atoms with Crippen molar-refractivity contribution in [2.24, 2.45) is 12.2 Å². The van der Waals surface area contributed by atoms with Gasteiger partial charge < -0.3 is 9.77 Å². The lowest BCUT2D eigenvalue weighted by atomic mass is 10.2. The van der Waals surface area contributed by atoms with E-state index in [0.29, 0.717) is 5.69 Å². The molecular weight excluding hydrogens is 200 g/mol. The third-order valence-corrected chi connectivity index (χ3v) is 2.52. The van der Waals surface area contributed by atoms with Gasteiger partial charge in [0.1, 0.15) is 0 Å². The van der Waals surface area contributed by atoms with Gasteiger partial charge in [-0.15, -0.1) is 0 Å². The third-order valence-electron chi connectivity index (χ3n) is 2.25. The van der Waals surface area contributed by atoms with Gasteiger partial charge in [-0.25, -0.2) is 0 Å². The number of aromatic nitrogens is 1. The molecule has 0 aliphatic heterocycles. The van der Waals surface area contributed by atoms with Gasteiger partial charge in [0.25, 0.3) is 0 Å². The van der Waals surface area contributed by atoms with Gasteiger partial charge in [-0.05, 0) is 12.1 Å². The van der Waals surface area contributed by atoms with Crippen molar-refractivity contribution in [3.63, 3.8) is 0 Å². The number of benzene rings is 1. The van der Waals surface area contributed by atoms with E-state index >= 15 is 0 Å². The van der Waals surface area contributed by atoms with Crippen molar-refractivity contribution >= 4 is 27.7 Å². The summed E-state index contributed by atoms with van der Waals surface area (Å²) in [6.45, 7) is 0. The zero-order valence-corrected chi connectivity index (χ0v) is 8.36. The first-order chi connectivity index (χ1) is 6.74. The monoisotopic (exact) mass is 208 g/mol. The molecule has 2 aromatic rings. The fourth-order valence-electron chi connectivity index (χ4n) is 1.54. The van der Waals surface area contributed by atoms with Gasteiger partial charge in [0, 0.05) is 18.0 Å². The SMILES string of the molecule is Cn1c(C(Cl)=NO)cc2ccccc21. The van der Waals surface area contributed by atoms with Crippen molar-refractivity contribution in [3.8, 4) is 0 Å². The topological polar surface area (TPSA) is 37.5 Å². The molecule has 0 aliphatic rings. The predicted octanol–water partition coefficient (Wildman–Crippen LogP) is 2.55. The van der Waals surface area contributed by atoms with Crippen LogP contribution in [0.4, 0.5) is 0 Å². The summed E-state index contributed by atoms with van der Waals surface area (Å²) in [6, 6.07) is 9.77. The number of hydrogen-bond acceptors (Lipinski definition) is 2. The minimum Gasteiger partial charge on any atom is -0.410 e. The lowest BCUT2D eigenvalue weighted by Crippen LogP contribution is -2.00. The van der Waals surface area contributed by atoms with Gasteiger partial charge in [-0.3, -0.25) is 0 Å². The fourth-order valence-corrected chi connectivity index (χ4v) is 1.72. The standard InChI is InChI=1S/C10H9ClN2O/c1-13-8-5-3-2-4-7(8)6-9(13)10(11)12-14/h2-6,14H,1H3. The van der Waals surface area contributed by atoms with Crippen LogP contribution >= 0.6 is 11.6 Å². The molecule has 0 fully saturated rings. The second kappa shape index (κ2) is 3.35. The average molecular weight is 209 g/mol. The van der Waals surface area contributed by atoms with Gasteiger partial charge in [-0.1, -0.05) is 35.0 Å². The second-order valence-electron chi connectivity index (χ2n) is 3.04. The third kappa shape index (κ3) is 1.26. The summed E-state index contributed by atoms with van der Waals surface area (Å²) in [7, 11) is 1.88. The van der Waals surface area contributed by atoms with Crippen LogP contribution in [0.15, 0.2) is 35.5 Å². The molecule has 0 saturated carbocycles. The van der Waals surface area contributed by atoms with Crippen molar-refractivity contribution in [3.05, 3.63) is 36.0 Å². The average Bonchev–Trinajstić information content (AvgIpc) is 2.56. The lowest BCUT2D eigenvalue weighted by molar-refractivity contribution is 0.320. The van der Waals surface area contributed by atoms with Gasteiger partial charge in [0.2, 0.25) is 0 Å². The first-order valence-corrected chi connectivity index (χ1v) is 4.54. The van der Waals surface area contributed by atoms with E-state index < -0.39 is 0 Å². The Balaban J connectivity index is 2.75. The Morgan fingerprint density at radius 2 is 2.14 bits per heavy atom. The summed E-state index contributed by atoms with van der Waals surface area (Å²) < 4.78 is 1.89. The van der Waals surface area contributed by atoms with Crippen LogP contribution in [0.5, 0.6) is 0 Å². The maximum absolute atomic E-state index is 8.58. The Morgan fingerprint density at radius 3 is 2.79 bits per heavy atom. The first kappa shape index (κ1) is 9.09. The van der Waals surface area contributed by atoms with Crippen LogP contribution in [-0.2, 0) is 7.05 Å². The molecule has 0 amide bonds. The van der Waals surface area contributed by atoms with Gasteiger partial charge in [0.15, 0.2) is 5.17 Å². The van der Waals surface area contributed by atoms with Crippen LogP contribution in [0, 0.1) is 0 Å². The van der Waals surface area contributed by atoms with E-state index in [1.165, 1.54) is 0 Å². The van der Waals surface area contributed by atoms with E-state index in [-0.39, 0.29) is 5.17 Å². The van der Waals surface area contributed by atoms with Crippen molar-refractivity contribution in [1.82, 2.24) is 4.57 Å². The highest BCUT2D eigenvalue weighted by Gasteiger charge is 2.08. The molecule has 0 aliphatic carbocycles. The van der Waals surface area contributed by atoms with E-state index in [4.69, 9.17) is 16.8 Å². The molecule has 2 rings (SSSR count). The van der Waals surface area contributed by atoms with Gasteiger partial charge in [0.05, 0.1) is 5.69 Å². The largest absolute Gasteiger partial charge is 0.410 e. The van der Waals surface area contributed by atoms with E-state index in [1.54, 1.807) is 0 Å². The number of para-hydroxylation sites is 1. The Labute approximate surface area is 86.2 Å².